The standard InChI is InChI=1S/C49H39F9O6S5/c1-28-25-37(13-22-43(28)31(4)59)65-34-7-16-40(17-8-34)68(64-69(62,63)49(57,58)47(52,53)46(50,51)48(54,55)56,41-18-9-35(10-19-41)66-38-14-23-44(32(5)60)29(2)26-38)42-20-11-36(12-21-42)67-39-15-24-45(33(6)61)30(3)27-39/h7-27H,1-6H3. The summed E-state index contributed by atoms with van der Waals surface area (Å²) in [6, 6.07) is 30.8. The molecule has 6 rings (SSSR count). The summed E-state index contributed by atoms with van der Waals surface area (Å²) in [6.07, 6.45) is -7.32. The summed E-state index contributed by atoms with van der Waals surface area (Å²) in [5.74, 6) is -15.7. The maximum atomic E-state index is 15.8. The summed E-state index contributed by atoms with van der Waals surface area (Å²) in [7, 11) is -11.9. The second-order valence-electron chi connectivity index (χ2n) is 15.6. The van der Waals surface area contributed by atoms with Crippen molar-refractivity contribution in [1.82, 2.24) is 0 Å². The van der Waals surface area contributed by atoms with Crippen molar-refractivity contribution in [1.29, 1.82) is 0 Å². The van der Waals surface area contributed by atoms with Crippen LogP contribution in [0.3, 0.4) is 0 Å². The van der Waals surface area contributed by atoms with E-state index in [1.54, 1.807) is 75.4 Å². The summed E-state index contributed by atoms with van der Waals surface area (Å²) in [5.41, 5.74) is 3.34. The molecule has 364 valence electrons. The fraction of sp³-hybridized carbons (Fsp3) is 0.204. The van der Waals surface area contributed by atoms with E-state index in [1.807, 2.05) is 0 Å². The fourth-order valence-electron chi connectivity index (χ4n) is 7.01. The van der Waals surface area contributed by atoms with Gasteiger partial charge >= 0.3 is 33.4 Å². The van der Waals surface area contributed by atoms with E-state index in [0.29, 0.717) is 62.8 Å². The Morgan fingerprint density at radius 1 is 0.420 bits per heavy atom. The first kappa shape index (κ1) is 53.4. The van der Waals surface area contributed by atoms with Gasteiger partial charge in [-0.15, -0.1) is 0 Å². The number of ketones is 3. The Kier molecular flexibility index (Phi) is 15.5. The zero-order valence-electron chi connectivity index (χ0n) is 37.0. The quantitative estimate of drug-likeness (QED) is 0.0654. The number of Topliss-reactive ketones (excluding diaryl/α,β-unsaturated/α-hetero) is 3. The lowest BCUT2D eigenvalue weighted by molar-refractivity contribution is -0.382. The van der Waals surface area contributed by atoms with Crippen LogP contribution in [0.1, 0.15) is 68.5 Å². The smallest absolute Gasteiger partial charge is 0.295 e. The number of hydrogen-bond donors (Lipinski definition) is 0. The number of carbonyl (C=O) groups excluding carboxylic acids is 3. The first-order chi connectivity index (χ1) is 32.0. The van der Waals surface area contributed by atoms with Gasteiger partial charge in [-0.2, -0.15) is 47.9 Å². The monoisotopic (exact) mass is 1050 g/mol. The highest BCUT2D eigenvalue weighted by Gasteiger charge is 2.86. The molecule has 0 heterocycles. The van der Waals surface area contributed by atoms with Crippen LogP contribution in [0.5, 0.6) is 0 Å². The number of rotatable bonds is 17. The molecular formula is C49H39F9O6S5. The van der Waals surface area contributed by atoms with Crippen LogP contribution >= 0.6 is 45.6 Å². The molecule has 69 heavy (non-hydrogen) atoms. The average molecular weight is 1060 g/mol. The fourth-order valence-corrected chi connectivity index (χ4v) is 14.9. The third-order valence-electron chi connectivity index (χ3n) is 10.5. The zero-order valence-corrected chi connectivity index (χ0v) is 41.1. The van der Waals surface area contributed by atoms with E-state index in [1.165, 1.54) is 93.6 Å². The molecule has 0 aliphatic carbocycles. The van der Waals surface area contributed by atoms with Crippen LogP contribution in [0.4, 0.5) is 39.5 Å². The summed E-state index contributed by atoms with van der Waals surface area (Å²) >= 11 is 3.47. The number of aryl methyl sites for hydroxylation is 3. The lowest BCUT2D eigenvalue weighted by Crippen LogP contribution is -2.63. The first-order valence-corrected chi connectivity index (χ1v) is 25.6. The molecule has 0 aromatic heterocycles. The van der Waals surface area contributed by atoms with Crippen molar-refractivity contribution in [3.05, 3.63) is 161 Å². The van der Waals surface area contributed by atoms with E-state index < -0.39 is 43.7 Å². The van der Waals surface area contributed by atoms with Gasteiger partial charge in [0.25, 0.3) is 0 Å². The Bertz CT molecular complexity index is 2790. The molecule has 0 saturated heterocycles. The van der Waals surface area contributed by atoms with E-state index in [9.17, 15) is 44.8 Å². The van der Waals surface area contributed by atoms with Gasteiger partial charge < -0.3 is 0 Å². The molecule has 0 unspecified atom stereocenters. The van der Waals surface area contributed by atoms with E-state index in [0.717, 1.165) is 35.3 Å². The second-order valence-corrected chi connectivity index (χ2v) is 23.5. The number of alkyl halides is 9. The predicted molar refractivity (Wildman–Crippen MR) is 249 cm³/mol. The van der Waals surface area contributed by atoms with E-state index in [4.69, 9.17) is 3.63 Å². The van der Waals surface area contributed by atoms with Crippen molar-refractivity contribution in [2.45, 2.75) is 109 Å². The maximum Gasteiger partial charge on any atom is 0.460 e. The number of halogens is 9. The van der Waals surface area contributed by atoms with Crippen molar-refractivity contribution in [2.75, 3.05) is 0 Å². The molecule has 0 radical (unpaired) electrons. The third kappa shape index (κ3) is 10.7. The van der Waals surface area contributed by atoms with Gasteiger partial charge in [0, 0.05) is 60.7 Å². The van der Waals surface area contributed by atoms with Crippen LogP contribution in [-0.2, 0) is 13.7 Å². The van der Waals surface area contributed by atoms with Crippen LogP contribution in [-0.4, -0.2) is 49.0 Å². The highest BCUT2D eigenvalue weighted by Crippen LogP contribution is 2.72. The van der Waals surface area contributed by atoms with Crippen LogP contribution in [0.2, 0.25) is 0 Å². The highest BCUT2D eigenvalue weighted by atomic mass is 32.3. The van der Waals surface area contributed by atoms with Crippen LogP contribution in [0, 0.1) is 20.8 Å². The molecule has 0 N–H and O–H groups in total. The maximum absolute atomic E-state index is 15.8. The molecular weight excluding hydrogens is 1020 g/mol. The van der Waals surface area contributed by atoms with Crippen molar-refractivity contribution in [3.8, 4) is 0 Å². The topological polar surface area (TPSA) is 94.6 Å². The molecule has 0 atom stereocenters. The van der Waals surface area contributed by atoms with Crippen molar-refractivity contribution in [2.24, 2.45) is 0 Å². The van der Waals surface area contributed by atoms with Gasteiger partial charge in [-0.25, -0.2) is 3.63 Å². The van der Waals surface area contributed by atoms with E-state index in [-0.39, 0.29) is 32.0 Å². The Labute approximate surface area is 406 Å². The van der Waals surface area contributed by atoms with E-state index in [2.05, 4.69) is 0 Å². The molecule has 20 heteroatoms. The summed E-state index contributed by atoms with van der Waals surface area (Å²) in [5, 5.41) is -7.20. The first-order valence-electron chi connectivity index (χ1n) is 20.2. The normalized spacial score (nSPS) is 13.0. The molecule has 0 saturated carbocycles. The van der Waals surface area contributed by atoms with Gasteiger partial charge in [-0.3, -0.25) is 14.4 Å². The van der Waals surface area contributed by atoms with Crippen LogP contribution in [0.25, 0.3) is 0 Å². The van der Waals surface area contributed by atoms with Gasteiger partial charge in [-0.05, 0) is 178 Å². The van der Waals surface area contributed by atoms with Crippen LogP contribution < -0.4 is 0 Å². The summed E-state index contributed by atoms with van der Waals surface area (Å²) in [4.78, 5) is 38.5. The molecule has 0 aliphatic rings. The Morgan fingerprint density at radius 3 is 0.913 bits per heavy atom. The number of benzene rings is 6. The van der Waals surface area contributed by atoms with Crippen molar-refractivity contribution in [3.63, 3.8) is 0 Å². The largest absolute Gasteiger partial charge is 0.460 e. The summed E-state index contributed by atoms with van der Waals surface area (Å²) in [6.45, 7) is 9.34. The number of carbonyl (C=O) groups is 3. The minimum Gasteiger partial charge on any atom is -0.295 e. The lowest BCUT2D eigenvalue weighted by Gasteiger charge is -2.41. The molecule has 0 amide bonds. The van der Waals surface area contributed by atoms with Crippen molar-refractivity contribution >= 4 is 73.1 Å². The minimum absolute atomic E-state index is 0.178. The van der Waals surface area contributed by atoms with Gasteiger partial charge in [-0.1, -0.05) is 53.5 Å². The Morgan fingerprint density at radius 2 is 0.681 bits per heavy atom. The lowest BCUT2D eigenvalue weighted by atomic mass is 10.1. The molecule has 0 spiro atoms. The molecule has 6 aromatic carbocycles. The Hall–Kier alpha value is -4.99. The average Bonchev–Trinajstić information content (AvgIpc) is 3.25. The van der Waals surface area contributed by atoms with Gasteiger partial charge in [0.1, 0.15) is 0 Å². The molecule has 0 fully saturated rings. The van der Waals surface area contributed by atoms with Crippen molar-refractivity contribution < 1.29 is 65.9 Å². The zero-order chi connectivity index (χ0) is 51.1. The third-order valence-corrected chi connectivity index (χ3v) is 18.7. The van der Waals surface area contributed by atoms with E-state index >= 15 is 17.6 Å². The minimum atomic E-state index is -7.59. The van der Waals surface area contributed by atoms with Gasteiger partial charge in [0.05, 0.1) is 0 Å². The number of hydrogen-bond acceptors (Lipinski definition) is 9. The molecule has 6 nitrogen and oxygen atoms in total. The SMILES string of the molecule is CC(=O)c1ccc(Sc2ccc(S(OS(=O)(=O)C(F)(F)C(F)(F)C(F)(F)C(F)(F)F)(c3ccc(Sc4ccc(C(C)=O)c(C)c4)cc3)c3ccc(Sc4ccc(C(C)=O)c(C)c4)cc3)cc2)cc1C. The molecule has 0 bridgehead atoms. The molecule has 6 aromatic rings. The van der Waals surface area contributed by atoms with Crippen LogP contribution in [0.15, 0.2) is 171 Å². The van der Waals surface area contributed by atoms with Gasteiger partial charge in [0.2, 0.25) is 0 Å². The second kappa shape index (κ2) is 20.0. The molecule has 0 aliphatic heterocycles. The van der Waals surface area contributed by atoms with Gasteiger partial charge in [0.15, 0.2) is 17.3 Å². The Balaban J connectivity index is 1.55. The summed E-state index contributed by atoms with van der Waals surface area (Å²) < 4.78 is 164. The highest BCUT2D eigenvalue weighted by molar-refractivity contribution is 8.33. The predicted octanol–water partition coefficient (Wildman–Crippen LogP) is 15.6.